The van der Waals surface area contributed by atoms with Gasteiger partial charge in [0.25, 0.3) is 5.91 Å². The van der Waals surface area contributed by atoms with Crippen LogP contribution in [-0.4, -0.2) is 41.7 Å². The molecule has 1 fully saturated rings. The number of hydrogen-bond acceptors (Lipinski definition) is 4. The van der Waals surface area contributed by atoms with E-state index in [2.05, 4.69) is 10.3 Å². The van der Waals surface area contributed by atoms with Crippen molar-refractivity contribution in [3.05, 3.63) is 46.2 Å². The summed E-state index contributed by atoms with van der Waals surface area (Å²) in [5.41, 5.74) is 0.442. The van der Waals surface area contributed by atoms with Gasteiger partial charge in [0.15, 0.2) is 0 Å². The third-order valence-electron chi connectivity index (χ3n) is 4.63. The first-order chi connectivity index (χ1) is 12.1. The van der Waals surface area contributed by atoms with E-state index in [0.717, 1.165) is 0 Å². The lowest BCUT2D eigenvalue weighted by Crippen LogP contribution is -2.39. The Morgan fingerprint density at radius 1 is 1.28 bits per heavy atom. The molecule has 0 radical (unpaired) electrons. The van der Waals surface area contributed by atoms with Crippen molar-refractivity contribution >= 4 is 22.8 Å². The number of H-pyrrole nitrogens is 1. The van der Waals surface area contributed by atoms with E-state index in [1.54, 1.807) is 24.3 Å². The second kappa shape index (κ2) is 7.48. The number of fused-ring (bicyclic) bond motifs is 1. The molecular weight excluding hydrogens is 324 g/mol. The van der Waals surface area contributed by atoms with Crippen molar-refractivity contribution in [1.29, 1.82) is 0 Å². The number of aromatic amines is 1. The Hall–Kier alpha value is -2.67. The van der Waals surface area contributed by atoms with E-state index < -0.39 is 17.8 Å². The first kappa shape index (κ1) is 17.2. The van der Waals surface area contributed by atoms with Crippen LogP contribution in [-0.2, 0) is 9.53 Å². The van der Waals surface area contributed by atoms with Crippen molar-refractivity contribution in [2.24, 2.45) is 11.8 Å². The summed E-state index contributed by atoms with van der Waals surface area (Å²) in [5, 5.41) is 12.8. The predicted octanol–water partition coefficient (Wildman–Crippen LogP) is 1.39. The van der Waals surface area contributed by atoms with Crippen LogP contribution >= 0.6 is 0 Å². The molecule has 1 aromatic heterocycles. The van der Waals surface area contributed by atoms with Crippen LogP contribution in [0, 0.1) is 11.8 Å². The Kier molecular flexibility index (Phi) is 5.14. The first-order valence-corrected chi connectivity index (χ1v) is 8.27. The second-order valence-electron chi connectivity index (χ2n) is 6.20. The maximum atomic E-state index is 12.5. The van der Waals surface area contributed by atoms with E-state index in [1.165, 1.54) is 6.07 Å². The summed E-state index contributed by atoms with van der Waals surface area (Å²) in [7, 11) is 0. The van der Waals surface area contributed by atoms with Crippen molar-refractivity contribution in [2.45, 2.75) is 12.8 Å². The molecule has 0 aliphatic carbocycles. The largest absolute Gasteiger partial charge is 0.481 e. The van der Waals surface area contributed by atoms with Crippen molar-refractivity contribution in [1.82, 2.24) is 10.3 Å². The number of benzene rings is 1. The number of pyridine rings is 1. The topological polar surface area (TPSA) is 108 Å². The van der Waals surface area contributed by atoms with Crippen LogP contribution < -0.4 is 10.9 Å². The summed E-state index contributed by atoms with van der Waals surface area (Å²) in [6.45, 7) is 1.11. The maximum Gasteiger partial charge on any atom is 0.308 e. The Bertz CT molecular complexity index is 839. The number of para-hydroxylation sites is 1. The minimum atomic E-state index is -0.928. The number of ether oxygens (including phenoxy) is 1. The van der Waals surface area contributed by atoms with Crippen LogP contribution in [0.1, 0.15) is 23.2 Å². The van der Waals surface area contributed by atoms with E-state index in [1.807, 2.05) is 0 Å². The number of carbonyl (C=O) groups is 2. The van der Waals surface area contributed by atoms with Gasteiger partial charge in [0.2, 0.25) is 5.56 Å². The first-order valence-electron chi connectivity index (χ1n) is 8.27. The van der Waals surface area contributed by atoms with Gasteiger partial charge in [-0.3, -0.25) is 14.4 Å². The van der Waals surface area contributed by atoms with Gasteiger partial charge in [0.1, 0.15) is 0 Å². The van der Waals surface area contributed by atoms with Crippen molar-refractivity contribution in [3.63, 3.8) is 0 Å². The van der Waals surface area contributed by atoms with Crippen LogP contribution in [0.15, 0.2) is 35.1 Å². The summed E-state index contributed by atoms with van der Waals surface area (Å²) in [4.78, 5) is 38.5. The van der Waals surface area contributed by atoms with E-state index in [9.17, 15) is 19.5 Å². The Morgan fingerprint density at radius 2 is 2.00 bits per heavy atom. The molecule has 2 aromatic rings. The van der Waals surface area contributed by atoms with Gasteiger partial charge >= 0.3 is 5.97 Å². The number of carbonyl (C=O) groups excluding carboxylic acids is 1. The summed E-state index contributed by atoms with van der Waals surface area (Å²) < 4.78 is 5.27. The van der Waals surface area contributed by atoms with Crippen LogP contribution in [0.3, 0.4) is 0 Å². The number of aromatic nitrogens is 1. The number of carboxylic acids is 1. The quantitative estimate of drug-likeness (QED) is 0.759. The van der Waals surface area contributed by atoms with Crippen molar-refractivity contribution < 1.29 is 19.4 Å². The average Bonchev–Trinajstić information content (AvgIpc) is 2.61. The van der Waals surface area contributed by atoms with Crippen LogP contribution in [0.4, 0.5) is 0 Å². The van der Waals surface area contributed by atoms with Crippen molar-refractivity contribution in [3.8, 4) is 0 Å². The third-order valence-corrected chi connectivity index (χ3v) is 4.63. The van der Waals surface area contributed by atoms with Gasteiger partial charge < -0.3 is 20.1 Å². The Morgan fingerprint density at radius 3 is 2.72 bits per heavy atom. The molecule has 0 bridgehead atoms. The molecule has 0 saturated carbocycles. The monoisotopic (exact) mass is 344 g/mol. The highest BCUT2D eigenvalue weighted by Crippen LogP contribution is 2.24. The molecule has 25 heavy (non-hydrogen) atoms. The highest BCUT2D eigenvalue weighted by atomic mass is 16.5. The maximum absolute atomic E-state index is 12.5. The summed E-state index contributed by atoms with van der Waals surface area (Å²) in [5.74, 6) is -2.06. The number of amides is 1. The minimum absolute atomic E-state index is 0.0255. The van der Waals surface area contributed by atoms with E-state index in [4.69, 9.17) is 4.74 Å². The van der Waals surface area contributed by atoms with E-state index in [0.29, 0.717) is 37.0 Å². The molecule has 7 heteroatoms. The molecule has 1 aromatic carbocycles. The van der Waals surface area contributed by atoms with Crippen LogP contribution in [0.25, 0.3) is 10.9 Å². The smallest absolute Gasteiger partial charge is 0.308 e. The fourth-order valence-corrected chi connectivity index (χ4v) is 3.26. The molecule has 2 heterocycles. The summed E-state index contributed by atoms with van der Waals surface area (Å²) in [6, 6.07) is 8.25. The van der Waals surface area contributed by atoms with Gasteiger partial charge in [0.05, 0.1) is 11.5 Å². The van der Waals surface area contributed by atoms with Gasteiger partial charge in [0, 0.05) is 36.7 Å². The zero-order valence-electron chi connectivity index (χ0n) is 13.7. The third kappa shape index (κ3) is 3.88. The molecule has 3 N–H and O–H groups in total. The standard InChI is InChI=1S/C18H20N2O5/c21-16-9-13(12-3-1-2-4-15(12)20-16)17(22)19-10-14(18(23)24)11-5-7-25-8-6-11/h1-4,9,11,14H,5-8,10H2,(H,19,22)(H,20,21)(H,23,24). The minimum Gasteiger partial charge on any atom is -0.481 e. The van der Waals surface area contributed by atoms with Gasteiger partial charge in [-0.1, -0.05) is 18.2 Å². The zero-order chi connectivity index (χ0) is 17.8. The number of aliphatic carboxylic acids is 1. The highest BCUT2D eigenvalue weighted by molar-refractivity contribution is 6.06. The fraction of sp³-hybridized carbons (Fsp3) is 0.389. The van der Waals surface area contributed by atoms with Gasteiger partial charge in [-0.25, -0.2) is 0 Å². The van der Waals surface area contributed by atoms with E-state index in [-0.39, 0.29) is 23.6 Å². The average molecular weight is 344 g/mol. The molecule has 1 aliphatic heterocycles. The van der Waals surface area contributed by atoms with Crippen LogP contribution in [0.2, 0.25) is 0 Å². The van der Waals surface area contributed by atoms with Gasteiger partial charge in [-0.2, -0.15) is 0 Å². The van der Waals surface area contributed by atoms with Crippen LogP contribution in [0.5, 0.6) is 0 Å². The summed E-state index contributed by atoms with van der Waals surface area (Å²) in [6.07, 6.45) is 1.33. The number of nitrogens with one attached hydrogen (secondary N) is 2. The molecule has 1 aliphatic rings. The fourth-order valence-electron chi connectivity index (χ4n) is 3.26. The number of rotatable bonds is 5. The zero-order valence-corrected chi connectivity index (χ0v) is 13.7. The molecule has 0 spiro atoms. The highest BCUT2D eigenvalue weighted by Gasteiger charge is 2.30. The molecule has 7 nitrogen and oxygen atoms in total. The van der Waals surface area contributed by atoms with Gasteiger partial charge in [-0.15, -0.1) is 0 Å². The molecule has 1 unspecified atom stereocenters. The lowest BCUT2D eigenvalue weighted by Gasteiger charge is -2.27. The molecule has 1 saturated heterocycles. The Balaban J connectivity index is 1.77. The SMILES string of the molecule is O=C(NCC(C(=O)O)C1CCOCC1)c1cc(=O)[nH]c2ccccc12. The molecular formula is C18H20N2O5. The molecule has 132 valence electrons. The lowest BCUT2D eigenvalue weighted by atomic mass is 9.86. The normalized spacial score (nSPS) is 16.5. The lowest BCUT2D eigenvalue weighted by molar-refractivity contribution is -0.144. The van der Waals surface area contributed by atoms with E-state index >= 15 is 0 Å². The predicted molar refractivity (Wildman–Crippen MR) is 91.6 cm³/mol. The number of carboxylic acid groups (broad SMARTS) is 1. The summed E-state index contributed by atoms with van der Waals surface area (Å²) >= 11 is 0. The molecule has 1 amide bonds. The van der Waals surface area contributed by atoms with Gasteiger partial charge in [-0.05, 0) is 24.8 Å². The second-order valence-corrected chi connectivity index (χ2v) is 6.20. The Labute approximate surface area is 144 Å². The van der Waals surface area contributed by atoms with Crippen molar-refractivity contribution in [2.75, 3.05) is 19.8 Å². The molecule has 1 atom stereocenters. The molecule has 3 rings (SSSR count). The number of hydrogen-bond donors (Lipinski definition) is 3.